The van der Waals surface area contributed by atoms with E-state index in [4.69, 9.17) is 15.6 Å². The Kier molecular flexibility index (Phi) is 7.71. The first kappa shape index (κ1) is 26.9. The molecule has 5 N–H and O–H groups in total. The summed E-state index contributed by atoms with van der Waals surface area (Å²) in [4.78, 5) is 23.4. The van der Waals surface area contributed by atoms with Crippen molar-refractivity contribution in [3.8, 4) is 0 Å². The fourth-order valence-corrected chi connectivity index (χ4v) is 3.46. The van der Waals surface area contributed by atoms with Crippen LogP contribution in [0.2, 0.25) is 0 Å². The van der Waals surface area contributed by atoms with Crippen molar-refractivity contribution in [1.29, 1.82) is 0 Å². The largest absolute Gasteiger partial charge is 0.416 e. The molecule has 1 aliphatic rings. The van der Waals surface area contributed by atoms with Gasteiger partial charge in [0, 0.05) is 12.1 Å². The summed E-state index contributed by atoms with van der Waals surface area (Å²) >= 11 is 0. The van der Waals surface area contributed by atoms with Gasteiger partial charge < -0.3 is 26.2 Å². The maximum absolute atomic E-state index is 13.1. The predicted octanol–water partition coefficient (Wildman–Crippen LogP) is 2.28. The number of carbonyl (C=O) groups excluding carboxylic acids is 2. The second kappa shape index (κ2) is 9.47. The number of piperidine rings is 1. The van der Waals surface area contributed by atoms with Crippen molar-refractivity contribution in [1.82, 2.24) is 10.6 Å². The number of benzene rings is 1. The molecule has 0 bridgehead atoms. The number of nitrogens with two attached hydrogens (primary N) is 1. The molecule has 1 aromatic carbocycles. The van der Waals surface area contributed by atoms with Gasteiger partial charge in [-0.3, -0.25) is 9.59 Å². The van der Waals surface area contributed by atoms with E-state index in [0.29, 0.717) is 12.1 Å². The quantitative estimate of drug-likeness (QED) is 0.443. The molecule has 33 heavy (non-hydrogen) atoms. The van der Waals surface area contributed by atoms with Gasteiger partial charge in [-0.15, -0.1) is 0 Å². The molecule has 1 fully saturated rings. The van der Waals surface area contributed by atoms with Crippen LogP contribution < -0.4 is 16.4 Å². The number of aliphatic hydroxyl groups is 1. The first-order valence-corrected chi connectivity index (χ1v) is 9.89. The molecule has 0 unspecified atom stereocenters. The van der Waals surface area contributed by atoms with Gasteiger partial charge in [0.1, 0.15) is 12.1 Å². The fourth-order valence-electron chi connectivity index (χ4n) is 3.46. The Bertz CT molecular complexity index is 847. The van der Waals surface area contributed by atoms with Gasteiger partial charge in [0.25, 0.3) is 0 Å². The number of halogens is 6. The summed E-state index contributed by atoms with van der Waals surface area (Å²) in [5.74, 6) is -1.62. The smallest absolute Gasteiger partial charge is 0.387 e. The average molecular weight is 485 g/mol. The van der Waals surface area contributed by atoms with Crippen LogP contribution in [0.15, 0.2) is 18.2 Å². The zero-order valence-electron chi connectivity index (χ0n) is 17.9. The number of hydrogen-bond donors (Lipinski definition) is 4. The molecule has 1 aromatic rings. The van der Waals surface area contributed by atoms with E-state index in [-0.39, 0.29) is 37.6 Å². The van der Waals surface area contributed by atoms with E-state index >= 15 is 0 Å². The van der Waals surface area contributed by atoms with Gasteiger partial charge in [-0.25, -0.2) is 0 Å². The van der Waals surface area contributed by atoms with Gasteiger partial charge in [-0.1, -0.05) is 0 Å². The van der Waals surface area contributed by atoms with E-state index in [1.54, 1.807) is 6.92 Å². The van der Waals surface area contributed by atoms with Crippen LogP contribution in [0.5, 0.6) is 0 Å². The third-order valence-corrected chi connectivity index (χ3v) is 5.65. The van der Waals surface area contributed by atoms with E-state index in [2.05, 4.69) is 10.6 Å². The van der Waals surface area contributed by atoms with Gasteiger partial charge in [0.2, 0.25) is 11.8 Å². The Balaban J connectivity index is 2.14. The van der Waals surface area contributed by atoms with Crippen LogP contribution in [0.1, 0.15) is 49.5 Å². The van der Waals surface area contributed by atoms with Gasteiger partial charge in [0.05, 0.1) is 23.8 Å². The molecule has 186 valence electrons. The second-order valence-electron chi connectivity index (χ2n) is 8.36. The minimum Gasteiger partial charge on any atom is -0.387 e. The van der Waals surface area contributed by atoms with Crippen molar-refractivity contribution < 1.29 is 45.8 Å². The van der Waals surface area contributed by atoms with Crippen LogP contribution in [-0.2, 0) is 26.7 Å². The summed E-state index contributed by atoms with van der Waals surface area (Å²) in [6, 6.07) is 1.27. The van der Waals surface area contributed by atoms with E-state index in [1.807, 2.05) is 0 Å². The molecule has 0 radical (unpaired) electrons. The molecular formula is C20H25F6N3O4. The van der Waals surface area contributed by atoms with Crippen LogP contribution >= 0.6 is 0 Å². The topological polar surface area (TPSA) is 114 Å². The molecule has 1 saturated heterocycles. The van der Waals surface area contributed by atoms with Gasteiger partial charge in [-0.2, -0.15) is 26.3 Å². The summed E-state index contributed by atoms with van der Waals surface area (Å²) < 4.78 is 84.1. The first-order chi connectivity index (χ1) is 15.0. The highest BCUT2D eigenvalue weighted by Gasteiger charge is 2.45. The molecule has 2 amide bonds. The fraction of sp³-hybridized carbons (Fsp3) is 0.600. The first-order valence-electron chi connectivity index (χ1n) is 9.89. The van der Waals surface area contributed by atoms with Crippen molar-refractivity contribution in [3.63, 3.8) is 0 Å². The van der Waals surface area contributed by atoms with E-state index in [9.17, 15) is 35.9 Å². The predicted molar refractivity (Wildman–Crippen MR) is 104 cm³/mol. The Morgan fingerprint density at radius 3 is 2.09 bits per heavy atom. The number of ether oxygens (including phenoxy) is 1. The molecule has 0 aromatic heterocycles. The number of rotatable bonds is 7. The highest BCUT2D eigenvalue weighted by Crippen LogP contribution is 2.38. The number of alkyl halides is 6. The van der Waals surface area contributed by atoms with Crippen molar-refractivity contribution >= 4 is 11.8 Å². The summed E-state index contributed by atoms with van der Waals surface area (Å²) in [6.45, 7) is 1.95. The highest BCUT2D eigenvalue weighted by atomic mass is 19.4. The van der Waals surface area contributed by atoms with Crippen LogP contribution in [0.4, 0.5) is 26.3 Å². The van der Waals surface area contributed by atoms with Crippen LogP contribution in [-0.4, -0.2) is 47.8 Å². The molecule has 0 aliphatic carbocycles. The molecule has 7 nitrogen and oxygen atoms in total. The molecule has 0 spiro atoms. The third kappa shape index (κ3) is 6.58. The third-order valence-electron chi connectivity index (χ3n) is 5.65. The van der Waals surface area contributed by atoms with Gasteiger partial charge in [0.15, 0.2) is 0 Å². The highest BCUT2D eigenvalue weighted by molar-refractivity contribution is 5.91. The van der Waals surface area contributed by atoms with Crippen molar-refractivity contribution in [2.24, 2.45) is 5.73 Å². The van der Waals surface area contributed by atoms with Crippen LogP contribution in [0.3, 0.4) is 0 Å². The maximum atomic E-state index is 13.1. The van der Waals surface area contributed by atoms with Crippen LogP contribution in [0, 0.1) is 0 Å². The Morgan fingerprint density at radius 2 is 1.70 bits per heavy atom. The zero-order valence-corrected chi connectivity index (χ0v) is 17.9. The molecule has 3 atom stereocenters. The summed E-state index contributed by atoms with van der Waals surface area (Å²) in [5, 5.41) is 14.3. The molecule has 0 saturated carbocycles. The SMILES string of the molecule is C[C@@H](OC[C@@]1(C)CC[C@@](NC(=O)CO)(C(N)=O)CN1)c1cc(C(F)(F)F)cc(C(F)(F)F)c1. The monoisotopic (exact) mass is 485 g/mol. The number of amides is 2. The lowest BCUT2D eigenvalue weighted by molar-refractivity contribution is -0.143. The standard InChI is InChI=1S/C20H25F6N3O4/c1-11(12-5-13(19(21,22)23)7-14(6-12)20(24,25)26)33-10-17(2)3-4-18(9-28-17,16(27)32)29-15(31)8-30/h5-7,11,28,30H,3-4,8-10H2,1-2H3,(H2,27,32)(H,29,31)/t11-,17-,18+/m1/s1. The van der Waals surface area contributed by atoms with E-state index in [0.717, 1.165) is 0 Å². The van der Waals surface area contributed by atoms with Crippen LogP contribution in [0.25, 0.3) is 0 Å². The molecular weight excluding hydrogens is 460 g/mol. The van der Waals surface area contributed by atoms with Gasteiger partial charge in [-0.05, 0) is 50.5 Å². The summed E-state index contributed by atoms with van der Waals surface area (Å²) in [7, 11) is 0. The number of aliphatic hydroxyl groups excluding tert-OH is 1. The maximum Gasteiger partial charge on any atom is 0.416 e. The average Bonchev–Trinajstić information content (AvgIpc) is 2.72. The lowest BCUT2D eigenvalue weighted by Crippen LogP contribution is -2.69. The lowest BCUT2D eigenvalue weighted by atomic mass is 9.80. The second-order valence-corrected chi connectivity index (χ2v) is 8.36. The minimum absolute atomic E-state index is 0.0459. The molecule has 1 aliphatic heterocycles. The Labute approximate surface area is 185 Å². The summed E-state index contributed by atoms with van der Waals surface area (Å²) in [6.07, 6.45) is -10.7. The van der Waals surface area contributed by atoms with Crippen molar-refractivity contribution in [2.45, 2.75) is 56.2 Å². The Morgan fingerprint density at radius 1 is 1.15 bits per heavy atom. The number of hydrogen-bond acceptors (Lipinski definition) is 5. The van der Waals surface area contributed by atoms with Gasteiger partial charge >= 0.3 is 12.4 Å². The minimum atomic E-state index is -4.97. The van der Waals surface area contributed by atoms with E-state index in [1.165, 1.54) is 6.92 Å². The zero-order chi connectivity index (χ0) is 25.2. The molecule has 13 heteroatoms. The number of nitrogens with one attached hydrogen (secondary N) is 2. The van der Waals surface area contributed by atoms with Crippen molar-refractivity contribution in [3.05, 3.63) is 34.9 Å². The Hall–Kier alpha value is -2.38. The molecule has 2 rings (SSSR count). The molecule has 1 heterocycles. The van der Waals surface area contributed by atoms with Crippen molar-refractivity contribution in [2.75, 3.05) is 19.8 Å². The lowest BCUT2D eigenvalue weighted by Gasteiger charge is -2.44. The normalized spacial score (nSPS) is 24.9. The number of carbonyl (C=O) groups is 2. The number of primary amides is 1. The van der Waals surface area contributed by atoms with E-state index < -0.39 is 59.1 Å². The summed E-state index contributed by atoms with van der Waals surface area (Å²) in [5.41, 5.74) is -0.0270.